The topological polar surface area (TPSA) is 129 Å². The number of hydrogen-bond donors (Lipinski definition) is 2. The van der Waals surface area contributed by atoms with Crippen molar-refractivity contribution in [3.05, 3.63) is 140 Å². The summed E-state index contributed by atoms with van der Waals surface area (Å²) in [6.45, 7) is 0.789. The molecule has 242 valence electrons. The molecule has 12 heteroatoms. The van der Waals surface area contributed by atoms with Crippen LogP contribution in [0.2, 0.25) is 0 Å². The van der Waals surface area contributed by atoms with E-state index in [-0.39, 0.29) is 24.8 Å². The van der Waals surface area contributed by atoms with Crippen LogP contribution in [-0.4, -0.2) is 48.0 Å². The van der Waals surface area contributed by atoms with Crippen molar-refractivity contribution in [1.29, 1.82) is 0 Å². The van der Waals surface area contributed by atoms with Gasteiger partial charge in [0.15, 0.2) is 11.6 Å². The summed E-state index contributed by atoms with van der Waals surface area (Å²) >= 11 is 5.12. The number of benzene rings is 4. The van der Waals surface area contributed by atoms with Crippen molar-refractivity contribution >= 4 is 45.2 Å². The van der Waals surface area contributed by atoms with Crippen LogP contribution in [0.1, 0.15) is 34.8 Å². The van der Waals surface area contributed by atoms with E-state index in [9.17, 15) is 14.7 Å². The Hall–Kier alpha value is -4.35. The van der Waals surface area contributed by atoms with Gasteiger partial charge in [0.25, 0.3) is 5.91 Å². The Morgan fingerprint density at radius 1 is 1.09 bits per heavy atom. The summed E-state index contributed by atoms with van der Waals surface area (Å²) in [5.74, 6) is 1.61. The summed E-state index contributed by atoms with van der Waals surface area (Å²) in [6, 6.07) is 28.3. The van der Waals surface area contributed by atoms with E-state index in [0.29, 0.717) is 59.5 Å². The van der Waals surface area contributed by atoms with E-state index in [4.69, 9.17) is 19.6 Å². The third kappa shape index (κ3) is 8.72. The van der Waals surface area contributed by atoms with Crippen molar-refractivity contribution in [2.24, 2.45) is 10.1 Å². The summed E-state index contributed by atoms with van der Waals surface area (Å²) in [5.41, 5.74) is 11.3. The summed E-state index contributed by atoms with van der Waals surface area (Å²) in [4.78, 5) is 22.5. The average molecular weight is 719 g/mol. The molecule has 9 nitrogen and oxygen atoms in total. The van der Waals surface area contributed by atoms with Gasteiger partial charge in [0.05, 0.1) is 6.61 Å². The molecule has 0 radical (unpaired) electrons. The van der Waals surface area contributed by atoms with Gasteiger partial charge < -0.3 is 19.9 Å². The normalized spacial score (nSPS) is 16.9. The zero-order valence-electron chi connectivity index (χ0n) is 25.4. The highest BCUT2D eigenvalue weighted by Crippen LogP contribution is 2.44. The van der Waals surface area contributed by atoms with Gasteiger partial charge in [-0.2, -0.15) is 11.8 Å². The summed E-state index contributed by atoms with van der Waals surface area (Å²) in [5, 5.41) is 16.0. The van der Waals surface area contributed by atoms with Crippen LogP contribution >= 0.6 is 27.7 Å². The number of rotatable bonds is 15. The van der Waals surface area contributed by atoms with Crippen LogP contribution in [0.5, 0.6) is 5.75 Å². The first-order chi connectivity index (χ1) is 22.9. The van der Waals surface area contributed by atoms with Crippen molar-refractivity contribution in [3.8, 4) is 5.75 Å². The molecule has 2 atom stereocenters. The number of nitrogens with zero attached hydrogens (tertiary/aromatic N) is 4. The number of thioether (sulfide) groups is 1. The molecule has 0 fully saturated rings. The van der Waals surface area contributed by atoms with Crippen LogP contribution in [0, 0.1) is 5.82 Å². The van der Waals surface area contributed by atoms with E-state index in [1.54, 1.807) is 48.2 Å². The van der Waals surface area contributed by atoms with E-state index < -0.39 is 11.6 Å². The number of azide groups is 1. The molecule has 47 heavy (non-hydrogen) atoms. The lowest BCUT2D eigenvalue weighted by atomic mass is 9.81. The molecule has 1 aliphatic heterocycles. The number of aliphatic imine (C=N–C) groups is 1. The first-order valence-electron chi connectivity index (χ1n) is 15.0. The molecule has 4 aromatic carbocycles. The van der Waals surface area contributed by atoms with Crippen molar-refractivity contribution in [2.75, 3.05) is 25.5 Å². The average Bonchev–Trinajstić information content (AvgIpc) is 3.47. The number of aliphatic hydroxyl groups is 1. The Labute approximate surface area is 285 Å². The lowest BCUT2D eigenvalue weighted by molar-refractivity contribution is -0.128. The fourth-order valence-electron chi connectivity index (χ4n) is 5.18. The Bertz CT molecular complexity index is 1730. The van der Waals surface area contributed by atoms with Gasteiger partial charge >= 0.3 is 0 Å². The molecular formula is C35H33BrFN5O4S. The van der Waals surface area contributed by atoms with Gasteiger partial charge in [-0.3, -0.25) is 4.79 Å². The minimum atomic E-state index is -1.46. The van der Waals surface area contributed by atoms with Gasteiger partial charge in [-0.05, 0) is 70.8 Å². The number of carbonyl (C=O) groups excluding carboxylic acids is 1. The minimum absolute atomic E-state index is 0.0417. The minimum Gasteiger partial charge on any atom is -0.494 e. The molecule has 1 heterocycles. The monoisotopic (exact) mass is 717 g/mol. The van der Waals surface area contributed by atoms with Crippen LogP contribution in [-0.2, 0) is 21.7 Å². The maximum Gasteiger partial charge on any atom is 0.252 e. The second-order valence-electron chi connectivity index (χ2n) is 10.8. The summed E-state index contributed by atoms with van der Waals surface area (Å²) in [6.07, 6.45) is -0.188. The van der Waals surface area contributed by atoms with Gasteiger partial charge in [-0.1, -0.05) is 69.6 Å². The molecule has 0 saturated heterocycles. The number of amides is 1. The second-order valence-corrected chi connectivity index (χ2v) is 12.8. The SMILES string of the molecule is [N-]=[N+]=Nc1ccccc1C[C@@]1(C(=O)NCCSCc2ccc(F)cc2)N=C(c2ccc(OCCCO)cc2)O[C@@H]1c1ccc(Br)cc1. The first-order valence-corrected chi connectivity index (χ1v) is 17.0. The van der Waals surface area contributed by atoms with Crippen molar-refractivity contribution in [1.82, 2.24) is 5.32 Å². The molecule has 0 spiro atoms. The van der Waals surface area contributed by atoms with Crippen LogP contribution in [0.3, 0.4) is 0 Å². The zero-order valence-corrected chi connectivity index (χ0v) is 27.8. The quantitative estimate of drug-likeness (QED) is 0.0560. The molecule has 2 N–H and O–H groups in total. The molecule has 0 unspecified atom stereocenters. The largest absolute Gasteiger partial charge is 0.494 e. The van der Waals surface area contributed by atoms with Crippen LogP contribution in [0.4, 0.5) is 10.1 Å². The predicted octanol–water partition coefficient (Wildman–Crippen LogP) is 7.84. The second kappa shape index (κ2) is 16.5. The Balaban J connectivity index is 1.47. The fourth-order valence-corrected chi connectivity index (χ4v) is 6.26. The van der Waals surface area contributed by atoms with E-state index in [2.05, 4.69) is 31.3 Å². The van der Waals surface area contributed by atoms with Crippen molar-refractivity contribution in [2.45, 2.75) is 30.2 Å². The molecule has 4 aromatic rings. The van der Waals surface area contributed by atoms with Gasteiger partial charge in [-0.25, -0.2) is 9.38 Å². The number of nitrogens with one attached hydrogen (secondary N) is 1. The first kappa shape index (κ1) is 34.0. The van der Waals surface area contributed by atoms with E-state index in [1.807, 2.05) is 48.5 Å². The number of halogens is 2. The zero-order chi connectivity index (χ0) is 33.1. The highest BCUT2D eigenvalue weighted by atomic mass is 79.9. The Morgan fingerprint density at radius 2 is 1.83 bits per heavy atom. The highest BCUT2D eigenvalue weighted by molar-refractivity contribution is 9.10. The third-order valence-corrected chi connectivity index (χ3v) is 9.08. The molecular weight excluding hydrogens is 685 g/mol. The number of carbonyl (C=O) groups is 1. The standard InChI is InChI=1S/C35H33BrFN5O4S/c36-28-12-8-25(9-13-28)32-35(22-27-4-1-2-5-31(27)41-42-38,34(44)39-18-21-47-23-24-6-14-29(37)15-7-24)40-33(46-32)26-10-16-30(17-11-26)45-20-3-19-43/h1-2,4-17,32,43H,3,18-23H2,(H,39,44)/t32-,35-/m1/s1. The highest BCUT2D eigenvalue weighted by Gasteiger charge is 2.53. The van der Waals surface area contributed by atoms with Crippen LogP contribution in [0.25, 0.3) is 10.4 Å². The van der Waals surface area contributed by atoms with Crippen molar-refractivity contribution < 1.29 is 23.8 Å². The number of aliphatic hydroxyl groups excluding tert-OH is 1. The molecule has 0 aliphatic carbocycles. The summed E-state index contributed by atoms with van der Waals surface area (Å²) < 4.78 is 26.4. The van der Waals surface area contributed by atoms with E-state index in [0.717, 1.165) is 15.6 Å². The molecule has 0 saturated carbocycles. The van der Waals surface area contributed by atoms with E-state index in [1.165, 1.54) is 12.1 Å². The third-order valence-electron chi connectivity index (χ3n) is 7.52. The molecule has 1 aliphatic rings. The fraction of sp³-hybridized carbons (Fsp3) is 0.257. The number of hydrogen-bond acceptors (Lipinski definition) is 7. The lowest BCUT2D eigenvalue weighted by Crippen LogP contribution is -2.50. The van der Waals surface area contributed by atoms with Crippen LogP contribution < -0.4 is 10.1 Å². The maximum atomic E-state index is 14.4. The molecule has 0 aromatic heterocycles. The maximum absolute atomic E-state index is 14.4. The van der Waals surface area contributed by atoms with E-state index >= 15 is 0 Å². The Morgan fingerprint density at radius 3 is 2.55 bits per heavy atom. The molecule has 5 rings (SSSR count). The lowest BCUT2D eigenvalue weighted by Gasteiger charge is -2.31. The molecule has 0 bridgehead atoms. The van der Waals surface area contributed by atoms with Crippen molar-refractivity contribution in [3.63, 3.8) is 0 Å². The van der Waals surface area contributed by atoms with Crippen LogP contribution in [0.15, 0.2) is 112 Å². The van der Waals surface area contributed by atoms with Gasteiger partial charge in [-0.15, -0.1) is 0 Å². The number of ether oxygens (including phenoxy) is 2. The Kier molecular flexibility index (Phi) is 11.9. The smallest absolute Gasteiger partial charge is 0.252 e. The molecule has 1 amide bonds. The summed E-state index contributed by atoms with van der Waals surface area (Å²) in [7, 11) is 0. The predicted molar refractivity (Wildman–Crippen MR) is 185 cm³/mol. The van der Waals surface area contributed by atoms with Gasteiger partial charge in [0.1, 0.15) is 11.6 Å². The van der Waals surface area contributed by atoms with Gasteiger partial charge in [0, 0.05) is 58.1 Å². The van der Waals surface area contributed by atoms with Gasteiger partial charge in [0.2, 0.25) is 5.90 Å².